The summed E-state index contributed by atoms with van der Waals surface area (Å²) in [5.41, 5.74) is 0.327. The number of benzene rings is 1. The Kier molecular flexibility index (Phi) is 5.83. The lowest BCUT2D eigenvalue weighted by Crippen LogP contribution is -2.52. The molecule has 1 heterocycles. The van der Waals surface area contributed by atoms with Gasteiger partial charge < -0.3 is 15.5 Å². The van der Waals surface area contributed by atoms with Crippen LogP contribution in [0, 0.1) is 5.92 Å². The lowest BCUT2D eigenvalue weighted by molar-refractivity contribution is -0.126. The monoisotopic (exact) mass is 351 g/mol. The quantitative estimate of drug-likeness (QED) is 0.842. The molecule has 1 aromatic carbocycles. The fourth-order valence-corrected chi connectivity index (χ4v) is 2.87. The van der Waals surface area contributed by atoms with Crippen LogP contribution in [0.25, 0.3) is 0 Å². The van der Waals surface area contributed by atoms with Gasteiger partial charge in [0.25, 0.3) is 5.91 Å². The summed E-state index contributed by atoms with van der Waals surface area (Å²) in [7, 11) is 1.70. The number of hydrogen-bond acceptors (Lipinski definition) is 3. The maximum absolute atomic E-state index is 12.5. The highest BCUT2D eigenvalue weighted by Gasteiger charge is 2.32. The summed E-state index contributed by atoms with van der Waals surface area (Å²) in [6, 6.07) is 5.76. The van der Waals surface area contributed by atoms with Crippen molar-refractivity contribution in [2.45, 2.75) is 32.4 Å². The Morgan fingerprint density at radius 3 is 2.50 bits per heavy atom. The number of rotatable bonds is 5. The van der Waals surface area contributed by atoms with Crippen LogP contribution in [-0.2, 0) is 9.59 Å². The largest absolute Gasteiger partial charge is 0.349 e. The second kappa shape index (κ2) is 7.66. The van der Waals surface area contributed by atoms with Crippen LogP contribution in [0.3, 0.4) is 0 Å². The molecular formula is C17H22ClN3O3. The Bertz CT molecular complexity index is 648. The minimum absolute atomic E-state index is 0.00139. The summed E-state index contributed by atoms with van der Waals surface area (Å²) in [6.07, 6.45) is 0.283. The Morgan fingerprint density at radius 2 is 1.96 bits per heavy atom. The standard InChI is InChI=1S/C17H22ClN3O3/c1-10(2)15(17(24)19-11-8-14(22)21(3)9-11)20-16(23)12-6-4-5-7-13(12)18/h4-7,10-11,15H,8-9H2,1-3H3,(H,19,24)(H,20,23)/t11-,15+/m0/s1. The molecule has 0 radical (unpaired) electrons. The van der Waals surface area contributed by atoms with Gasteiger partial charge in [-0.25, -0.2) is 0 Å². The van der Waals surface area contributed by atoms with Crippen molar-refractivity contribution in [1.29, 1.82) is 0 Å². The first-order valence-corrected chi connectivity index (χ1v) is 8.27. The summed E-state index contributed by atoms with van der Waals surface area (Å²) in [4.78, 5) is 38.0. The van der Waals surface area contributed by atoms with Crippen molar-refractivity contribution in [3.63, 3.8) is 0 Å². The van der Waals surface area contributed by atoms with Gasteiger partial charge in [0.2, 0.25) is 11.8 Å². The van der Waals surface area contributed by atoms with Crippen molar-refractivity contribution in [2.24, 2.45) is 5.92 Å². The van der Waals surface area contributed by atoms with Gasteiger partial charge >= 0.3 is 0 Å². The number of likely N-dealkylation sites (tertiary alicyclic amines) is 1. The molecule has 1 aliphatic heterocycles. The second-order valence-electron chi connectivity index (χ2n) is 6.36. The molecule has 0 bridgehead atoms. The van der Waals surface area contributed by atoms with Crippen molar-refractivity contribution in [3.8, 4) is 0 Å². The fourth-order valence-electron chi connectivity index (χ4n) is 2.65. The third-order valence-corrected chi connectivity index (χ3v) is 4.37. The van der Waals surface area contributed by atoms with E-state index in [4.69, 9.17) is 11.6 Å². The molecule has 1 aliphatic rings. The minimum atomic E-state index is -0.699. The number of hydrogen-bond donors (Lipinski definition) is 2. The average Bonchev–Trinajstić information content (AvgIpc) is 2.82. The van der Waals surface area contributed by atoms with E-state index in [1.165, 1.54) is 0 Å². The highest BCUT2D eigenvalue weighted by molar-refractivity contribution is 6.33. The smallest absolute Gasteiger partial charge is 0.253 e. The predicted molar refractivity (Wildman–Crippen MR) is 91.7 cm³/mol. The zero-order chi connectivity index (χ0) is 17.9. The molecule has 2 N–H and O–H groups in total. The van der Waals surface area contributed by atoms with Gasteiger partial charge in [-0.1, -0.05) is 37.6 Å². The summed E-state index contributed by atoms with van der Waals surface area (Å²) in [5, 5.41) is 5.91. The van der Waals surface area contributed by atoms with Crippen molar-refractivity contribution in [3.05, 3.63) is 34.9 Å². The molecule has 1 fully saturated rings. The molecule has 2 rings (SSSR count). The van der Waals surface area contributed by atoms with Crippen LogP contribution in [0.5, 0.6) is 0 Å². The first-order chi connectivity index (χ1) is 11.3. The van der Waals surface area contributed by atoms with Gasteiger partial charge in [0.05, 0.1) is 16.6 Å². The number of carbonyl (C=O) groups excluding carboxylic acids is 3. The third kappa shape index (κ3) is 4.26. The predicted octanol–water partition coefficient (Wildman–Crippen LogP) is 1.44. The zero-order valence-electron chi connectivity index (χ0n) is 14.0. The third-order valence-electron chi connectivity index (χ3n) is 4.04. The molecule has 1 saturated heterocycles. The molecular weight excluding hydrogens is 330 g/mol. The Morgan fingerprint density at radius 1 is 1.29 bits per heavy atom. The highest BCUT2D eigenvalue weighted by Crippen LogP contribution is 2.16. The SMILES string of the molecule is CC(C)[C@@H](NC(=O)c1ccccc1Cl)C(=O)N[C@H]1CC(=O)N(C)C1. The summed E-state index contributed by atoms with van der Waals surface area (Å²) >= 11 is 6.03. The van der Waals surface area contributed by atoms with Gasteiger partial charge in [-0.2, -0.15) is 0 Å². The van der Waals surface area contributed by atoms with Crippen LogP contribution in [-0.4, -0.2) is 48.3 Å². The van der Waals surface area contributed by atoms with Crippen molar-refractivity contribution >= 4 is 29.3 Å². The second-order valence-corrected chi connectivity index (χ2v) is 6.77. The van der Waals surface area contributed by atoms with Crippen LogP contribution in [0.15, 0.2) is 24.3 Å². The van der Waals surface area contributed by atoms with Crippen LogP contribution < -0.4 is 10.6 Å². The van der Waals surface area contributed by atoms with Crippen LogP contribution in [0.1, 0.15) is 30.6 Å². The lowest BCUT2D eigenvalue weighted by atomic mass is 10.0. The molecule has 7 heteroatoms. The van der Waals surface area contributed by atoms with Crippen LogP contribution >= 0.6 is 11.6 Å². The molecule has 0 aliphatic carbocycles. The number of likely N-dealkylation sites (N-methyl/N-ethyl adjacent to an activating group) is 1. The van der Waals surface area contributed by atoms with E-state index >= 15 is 0 Å². The first-order valence-electron chi connectivity index (χ1n) is 7.89. The van der Waals surface area contributed by atoms with Crippen LogP contribution in [0.4, 0.5) is 0 Å². The summed E-state index contributed by atoms with van der Waals surface area (Å²) in [6.45, 7) is 4.18. The molecule has 6 nitrogen and oxygen atoms in total. The van der Waals surface area contributed by atoms with Gasteiger partial charge in [0.15, 0.2) is 0 Å². The van der Waals surface area contributed by atoms with E-state index in [2.05, 4.69) is 10.6 Å². The van der Waals surface area contributed by atoms with E-state index in [0.29, 0.717) is 17.1 Å². The molecule has 1 aromatic rings. The van der Waals surface area contributed by atoms with E-state index in [-0.39, 0.29) is 30.2 Å². The number of carbonyl (C=O) groups is 3. The van der Waals surface area contributed by atoms with Crippen molar-refractivity contribution in [1.82, 2.24) is 15.5 Å². The number of amides is 3. The molecule has 0 aromatic heterocycles. The average molecular weight is 352 g/mol. The van der Waals surface area contributed by atoms with Crippen LogP contribution in [0.2, 0.25) is 5.02 Å². The molecule has 0 spiro atoms. The summed E-state index contributed by atoms with van der Waals surface area (Å²) < 4.78 is 0. The fraction of sp³-hybridized carbons (Fsp3) is 0.471. The van der Waals surface area contributed by atoms with E-state index < -0.39 is 11.9 Å². The molecule has 0 unspecified atom stereocenters. The van der Waals surface area contributed by atoms with Gasteiger partial charge in [0.1, 0.15) is 6.04 Å². The number of nitrogens with one attached hydrogen (secondary N) is 2. The molecule has 24 heavy (non-hydrogen) atoms. The molecule has 3 amide bonds. The maximum Gasteiger partial charge on any atom is 0.253 e. The molecule has 130 valence electrons. The van der Waals surface area contributed by atoms with Gasteiger partial charge in [-0.3, -0.25) is 14.4 Å². The zero-order valence-corrected chi connectivity index (χ0v) is 14.8. The molecule has 2 atom stereocenters. The van der Waals surface area contributed by atoms with Crippen molar-refractivity contribution < 1.29 is 14.4 Å². The summed E-state index contributed by atoms with van der Waals surface area (Å²) in [5.74, 6) is -0.791. The highest BCUT2D eigenvalue weighted by atomic mass is 35.5. The minimum Gasteiger partial charge on any atom is -0.349 e. The van der Waals surface area contributed by atoms with E-state index in [1.807, 2.05) is 13.8 Å². The molecule has 0 saturated carbocycles. The van der Waals surface area contributed by atoms with Crippen molar-refractivity contribution in [2.75, 3.05) is 13.6 Å². The first kappa shape index (κ1) is 18.3. The van der Waals surface area contributed by atoms with Gasteiger partial charge in [-0.15, -0.1) is 0 Å². The number of nitrogens with zero attached hydrogens (tertiary/aromatic N) is 1. The Labute approximate surface area is 146 Å². The Hall–Kier alpha value is -2.08. The lowest BCUT2D eigenvalue weighted by Gasteiger charge is -2.24. The number of halogens is 1. The van der Waals surface area contributed by atoms with E-state index in [9.17, 15) is 14.4 Å². The van der Waals surface area contributed by atoms with E-state index in [1.54, 1.807) is 36.2 Å². The maximum atomic E-state index is 12.5. The topological polar surface area (TPSA) is 78.5 Å². The van der Waals surface area contributed by atoms with Gasteiger partial charge in [0, 0.05) is 20.0 Å². The van der Waals surface area contributed by atoms with E-state index in [0.717, 1.165) is 0 Å². The normalized spacial score (nSPS) is 18.6. The Balaban J connectivity index is 2.04. The van der Waals surface area contributed by atoms with Gasteiger partial charge in [-0.05, 0) is 18.1 Å².